The number of aryl methyl sites for hydroxylation is 1. The minimum Gasteiger partial charge on any atom is -0.393 e. The van der Waals surface area contributed by atoms with Crippen LogP contribution in [-0.2, 0) is 13.6 Å². The Labute approximate surface area is 192 Å². The molecule has 4 aromatic heterocycles. The number of aliphatic hydroxyl groups is 1. The Morgan fingerprint density at radius 1 is 1.15 bits per heavy atom. The number of nitrogens with one attached hydrogen (secondary N) is 1. The highest BCUT2D eigenvalue weighted by Gasteiger charge is 2.42. The Bertz CT molecular complexity index is 1330. The summed E-state index contributed by atoms with van der Waals surface area (Å²) in [5.41, 5.74) is 3.50. The molecule has 2 bridgehead atoms. The lowest BCUT2D eigenvalue weighted by Gasteiger charge is -2.39. The van der Waals surface area contributed by atoms with Crippen LogP contribution in [0.1, 0.15) is 25.7 Å². The van der Waals surface area contributed by atoms with Gasteiger partial charge in [-0.05, 0) is 43.9 Å². The number of halogens is 3. The molecule has 0 spiro atoms. The second kappa shape index (κ2) is 7.55. The number of aliphatic hydroxyl groups excluding tert-OH is 1. The van der Waals surface area contributed by atoms with Crippen molar-refractivity contribution >= 4 is 16.7 Å². The first-order valence-electron chi connectivity index (χ1n) is 11.2. The molecule has 12 heteroatoms. The molecule has 9 nitrogen and oxygen atoms in total. The summed E-state index contributed by atoms with van der Waals surface area (Å²) in [6.45, 7) is -1.23. The van der Waals surface area contributed by atoms with Crippen LogP contribution in [0.5, 0.6) is 0 Å². The lowest BCUT2D eigenvalue weighted by atomic mass is 9.98. The number of hydrogen-bond acceptors (Lipinski definition) is 6. The maximum atomic E-state index is 13.6. The summed E-state index contributed by atoms with van der Waals surface area (Å²) in [4.78, 5) is 6.97. The molecule has 0 radical (unpaired) electrons. The zero-order valence-electron chi connectivity index (χ0n) is 18.4. The number of pyridine rings is 1. The van der Waals surface area contributed by atoms with Crippen molar-refractivity contribution < 1.29 is 18.3 Å². The number of H-pyrrole nitrogens is 1. The van der Waals surface area contributed by atoms with Crippen LogP contribution in [0, 0.1) is 0 Å². The van der Waals surface area contributed by atoms with E-state index in [1.807, 2.05) is 12.1 Å². The maximum Gasteiger partial charge on any atom is 0.408 e. The number of alkyl halides is 3. The van der Waals surface area contributed by atoms with E-state index >= 15 is 0 Å². The van der Waals surface area contributed by atoms with Crippen molar-refractivity contribution in [3.63, 3.8) is 0 Å². The molecule has 4 aromatic rings. The molecule has 0 aliphatic carbocycles. The molecule has 6 heterocycles. The fourth-order valence-corrected chi connectivity index (χ4v) is 5.51. The normalized spacial score (nSPS) is 22.7. The van der Waals surface area contributed by atoms with Gasteiger partial charge in [-0.2, -0.15) is 28.5 Å². The maximum absolute atomic E-state index is 13.6. The van der Waals surface area contributed by atoms with Gasteiger partial charge in [-0.3, -0.25) is 14.5 Å². The largest absolute Gasteiger partial charge is 0.408 e. The van der Waals surface area contributed by atoms with Crippen LogP contribution in [0.25, 0.3) is 33.8 Å². The van der Waals surface area contributed by atoms with Gasteiger partial charge in [0.25, 0.3) is 0 Å². The molecule has 0 saturated carbocycles. The van der Waals surface area contributed by atoms with Gasteiger partial charge < -0.3 is 10.0 Å². The summed E-state index contributed by atoms with van der Waals surface area (Å²) in [5.74, 6) is 0. The summed E-state index contributed by atoms with van der Waals surface area (Å²) >= 11 is 0. The number of fused-ring (bicyclic) bond motifs is 3. The first-order valence-corrected chi connectivity index (χ1v) is 11.2. The molecule has 2 saturated heterocycles. The molecule has 0 aromatic carbocycles. The van der Waals surface area contributed by atoms with Crippen molar-refractivity contribution in [2.75, 3.05) is 4.90 Å². The van der Waals surface area contributed by atoms with Gasteiger partial charge in [0.15, 0.2) is 0 Å². The van der Waals surface area contributed by atoms with Crippen LogP contribution in [-0.4, -0.2) is 64.2 Å². The average molecular weight is 472 g/mol. The number of anilines is 1. The predicted octanol–water partition coefficient (Wildman–Crippen LogP) is 3.28. The van der Waals surface area contributed by atoms with Crippen LogP contribution in [0.15, 0.2) is 30.6 Å². The Hall–Kier alpha value is -3.41. The third kappa shape index (κ3) is 3.44. The summed E-state index contributed by atoms with van der Waals surface area (Å²) < 4.78 is 43.5. The van der Waals surface area contributed by atoms with Gasteiger partial charge >= 0.3 is 6.18 Å². The number of rotatable bonds is 4. The van der Waals surface area contributed by atoms with E-state index in [4.69, 9.17) is 4.98 Å². The monoisotopic (exact) mass is 472 g/mol. The summed E-state index contributed by atoms with van der Waals surface area (Å²) in [6, 6.07) is 5.42. The molecule has 178 valence electrons. The van der Waals surface area contributed by atoms with Crippen LogP contribution >= 0.6 is 0 Å². The highest BCUT2D eigenvalue weighted by Crippen LogP contribution is 2.44. The quantitative estimate of drug-likeness (QED) is 0.473. The lowest BCUT2D eigenvalue weighted by Crippen LogP contribution is -2.45. The van der Waals surface area contributed by atoms with E-state index < -0.39 is 18.8 Å². The minimum atomic E-state index is -4.46. The fourth-order valence-electron chi connectivity index (χ4n) is 5.51. The van der Waals surface area contributed by atoms with Crippen molar-refractivity contribution in [2.45, 2.75) is 56.6 Å². The van der Waals surface area contributed by atoms with E-state index in [2.05, 4.69) is 25.3 Å². The zero-order chi connectivity index (χ0) is 23.6. The number of nitrogens with zero attached hydrogens (tertiary/aromatic N) is 7. The van der Waals surface area contributed by atoms with Gasteiger partial charge in [0, 0.05) is 31.5 Å². The first-order chi connectivity index (χ1) is 16.3. The summed E-state index contributed by atoms with van der Waals surface area (Å²) in [7, 11) is 1.80. The molecule has 2 aliphatic rings. The molecule has 34 heavy (non-hydrogen) atoms. The second-order valence-corrected chi connectivity index (χ2v) is 9.07. The number of aromatic amines is 1. The van der Waals surface area contributed by atoms with Gasteiger partial charge in [0.05, 0.1) is 28.9 Å². The van der Waals surface area contributed by atoms with Gasteiger partial charge in [-0.15, -0.1) is 0 Å². The van der Waals surface area contributed by atoms with Gasteiger partial charge in [0.1, 0.15) is 23.3 Å². The molecule has 6 rings (SSSR count). The average Bonchev–Trinajstić information content (AvgIpc) is 3.54. The molecule has 0 amide bonds. The minimum absolute atomic E-state index is 0.0450. The number of aromatic nitrogens is 7. The highest BCUT2D eigenvalue weighted by molar-refractivity contribution is 5.99. The van der Waals surface area contributed by atoms with Crippen LogP contribution in [0.2, 0.25) is 0 Å². The molecule has 2 N–H and O–H groups in total. The molecule has 3 atom stereocenters. The van der Waals surface area contributed by atoms with E-state index in [0.717, 1.165) is 23.2 Å². The second-order valence-electron chi connectivity index (χ2n) is 9.07. The topological polar surface area (TPSA) is 101 Å². The van der Waals surface area contributed by atoms with Crippen molar-refractivity contribution in [1.82, 2.24) is 34.7 Å². The van der Waals surface area contributed by atoms with Crippen molar-refractivity contribution in [1.29, 1.82) is 0 Å². The number of piperidine rings is 1. The molecule has 2 aliphatic heterocycles. The van der Waals surface area contributed by atoms with Gasteiger partial charge in [-0.1, -0.05) is 0 Å². The highest BCUT2D eigenvalue weighted by atomic mass is 19.4. The summed E-state index contributed by atoms with van der Waals surface area (Å²) in [6.07, 6.45) is 1.26. The van der Waals surface area contributed by atoms with E-state index in [1.165, 1.54) is 6.20 Å². The van der Waals surface area contributed by atoms with E-state index in [-0.39, 0.29) is 12.1 Å². The van der Waals surface area contributed by atoms with E-state index in [1.54, 1.807) is 24.0 Å². The molecular weight excluding hydrogens is 449 g/mol. The third-order valence-corrected chi connectivity index (χ3v) is 6.83. The Balaban J connectivity index is 1.65. The van der Waals surface area contributed by atoms with Crippen molar-refractivity contribution in [3.8, 4) is 22.8 Å². The SMILES string of the molecule is Cn1nccc1-c1cc(N2[C@@H]3CC[C@H]2C[C@@H](O)C3)c2c(n1)c(-c1ccn[nH]1)nn2CC(F)(F)F. The zero-order valence-corrected chi connectivity index (χ0v) is 18.4. The van der Waals surface area contributed by atoms with Gasteiger partial charge in [0.2, 0.25) is 0 Å². The number of hydrogen-bond donors (Lipinski definition) is 2. The fraction of sp³-hybridized carbons (Fsp3) is 0.455. The van der Waals surface area contributed by atoms with E-state index in [0.29, 0.717) is 46.6 Å². The van der Waals surface area contributed by atoms with Crippen LogP contribution < -0.4 is 4.90 Å². The van der Waals surface area contributed by atoms with E-state index in [9.17, 15) is 18.3 Å². The molecule has 2 fully saturated rings. The Morgan fingerprint density at radius 3 is 2.53 bits per heavy atom. The molecular formula is C22H23F3N8O. The predicted molar refractivity (Wildman–Crippen MR) is 118 cm³/mol. The van der Waals surface area contributed by atoms with Crippen LogP contribution in [0.4, 0.5) is 18.9 Å². The Kier molecular flexibility index (Phi) is 4.70. The summed E-state index contributed by atoms with van der Waals surface area (Å²) in [5, 5.41) is 25.7. The third-order valence-electron chi connectivity index (χ3n) is 6.83. The van der Waals surface area contributed by atoms with Crippen molar-refractivity contribution in [2.24, 2.45) is 7.05 Å². The van der Waals surface area contributed by atoms with Gasteiger partial charge in [-0.25, -0.2) is 4.98 Å². The lowest BCUT2D eigenvalue weighted by molar-refractivity contribution is -0.141. The first kappa shape index (κ1) is 21.1. The van der Waals surface area contributed by atoms with Crippen molar-refractivity contribution in [3.05, 3.63) is 30.6 Å². The van der Waals surface area contributed by atoms with Crippen LogP contribution in [0.3, 0.4) is 0 Å². The standard InChI is InChI=1S/C22H23F3N8O/c1-31-17(5-7-27-31)16-10-18(33-12-2-3-13(33)9-14(34)8-12)21-20(28-16)19(15-4-6-26-29-15)30-32(21)11-22(23,24)25/h4-7,10,12-14,34H,2-3,8-9,11H2,1H3,(H,26,29)/t12-,13+,14+. The Morgan fingerprint density at radius 2 is 1.91 bits per heavy atom. The smallest absolute Gasteiger partial charge is 0.393 e. The molecule has 0 unspecified atom stereocenters.